The number of carbonyl (C=O) groups excluding carboxylic acids is 1. The van der Waals surface area contributed by atoms with E-state index in [1.807, 2.05) is 26.0 Å². The molecule has 0 radical (unpaired) electrons. The Bertz CT molecular complexity index is 1520. The van der Waals surface area contributed by atoms with Gasteiger partial charge in [-0.3, -0.25) is 4.31 Å². The molecule has 4 aromatic rings. The molecule has 3 aromatic carbocycles. The summed E-state index contributed by atoms with van der Waals surface area (Å²) in [5, 5.41) is 0.695. The van der Waals surface area contributed by atoms with Crippen LogP contribution in [0.2, 0.25) is 0 Å². The van der Waals surface area contributed by atoms with Crippen molar-refractivity contribution in [2.75, 3.05) is 11.4 Å². The largest absolute Gasteiger partial charge is 0.457 e. The molecular formula is C26H23NO6S. The lowest BCUT2D eigenvalue weighted by Gasteiger charge is -2.19. The molecule has 0 amide bonds. The molecule has 0 aliphatic heterocycles. The lowest BCUT2D eigenvalue weighted by Crippen LogP contribution is -2.26. The first kappa shape index (κ1) is 23.3. The summed E-state index contributed by atoms with van der Waals surface area (Å²) in [4.78, 5) is 24.6. The molecule has 0 spiro atoms. The number of rotatable bonds is 6. The zero-order valence-corrected chi connectivity index (χ0v) is 19.8. The van der Waals surface area contributed by atoms with Crippen LogP contribution in [0, 0.1) is 13.8 Å². The lowest BCUT2D eigenvalue weighted by molar-refractivity contribution is 0.0473. The maximum atomic E-state index is 12.9. The molecule has 8 heteroatoms. The Kier molecular flexibility index (Phi) is 6.26. The molecule has 0 N–H and O–H groups in total. The molecule has 1 heterocycles. The van der Waals surface area contributed by atoms with Crippen LogP contribution < -0.4 is 9.93 Å². The SMILES string of the molecule is Cc1ccc2c(COC(=O)c3ccc(S(=O)(=O)N(C)c4ccccc4)cc3)cc(=O)oc2c1C. The van der Waals surface area contributed by atoms with Crippen molar-refractivity contribution < 1.29 is 22.4 Å². The molecule has 0 bridgehead atoms. The third-order valence-electron chi connectivity index (χ3n) is 5.74. The van der Waals surface area contributed by atoms with Crippen LogP contribution in [-0.2, 0) is 21.4 Å². The summed E-state index contributed by atoms with van der Waals surface area (Å²) in [6.45, 7) is 3.66. The highest BCUT2D eigenvalue weighted by atomic mass is 32.2. The Balaban J connectivity index is 1.52. The number of carbonyl (C=O) groups is 1. The summed E-state index contributed by atoms with van der Waals surface area (Å²) in [5.74, 6) is -0.634. The Labute approximate surface area is 197 Å². The van der Waals surface area contributed by atoms with E-state index in [9.17, 15) is 18.0 Å². The standard InChI is InChI=1S/C26H23NO6S/c1-17-9-14-23-20(15-24(28)33-25(23)18(17)2)16-32-26(29)19-10-12-22(13-11-19)34(30,31)27(3)21-7-5-4-6-8-21/h4-15H,16H2,1-3H3. The van der Waals surface area contributed by atoms with E-state index < -0.39 is 21.6 Å². The van der Waals surface area contributed by atoms with Crippen LogP contribution in [0.3, 0.4) is 0 Å². The number of ether oxygens (including phenoxy) is 1. The van der Waals surface area contributed by atoms with Gasteiger partial charge in [0, 0.05) is 24.1 Å². The molecule has 1 aromatic heterocycles. The highest BCUT2D eigenvalue weighted by molar-refractivity contribution is 7.92. The summed E-state index contributed by atoms with van der Waals surface area (Å²) >= 11 is 0. The number of sulfonamides is 1. The van der Waals surface area contributed by atoms with E-state index in [1.165, 1.54) is 41.7 Å². The Hall–Kier alpha value is -3.91. The molecule has 0 saturated heterocycles. The second kappa shape index (κ2) is 9.15. The number of benzene rings is 3. The van der Waals surface area contributed by atoms with Crippen molar-refractivity contribution in [2.45, 2.75) is 25.3 Å². The fourth-order valence-corrected chi connectivity index (χ4v) is 4.76. The highest BCUT2D eigenvalue weighted by Gasteiger charge is 2.22. The van der Waals surface area contributed by atoms with Gasteiger partial charge in [0.05, 0.1) is 16.1 Å². The molecule has 34 heavy (non-hydrogen) atoms. The normalized spacial score (nSPS) is 11.4. The van der Waals surface area contributed by atoms with E-state index in [-0.39, 0.29) is 17.1 Å². The molecule has 0 atom stereocenters. The van der Waals surface area contributed by atoms with Crippen molar-refractivity contribution in [3.8, 4) is 0 Å². The highest BCUT2D eigenvalue weighted by Crippen LogP contribution is 2.25. The number of anilines is 1. The van der Waals surface area contributed by atoms with Crippen LogP contribution in [-0.4, -0.2) is 21.4 Å². The summed E-state index contributed by atoms with van der Waals surface area (Å²) < 4.78 is 37.7. The Morgan fingerprint density at radius 1 is 0.971 bits per heavy atom. The minimum absolute atomic E-state index is 0.0490. The smallest absolute Gasteiger partial charge is 0.338 e. The summed E-state index contributed by atoms with van der Waals surface area (Å²) in [6, 6.07) is 19.3. The number of para-hydroxylation sites is 1. The number of fused-ring (bicyclic) bond motifs is 1. The summed E-state index contributed by atoms with van der Waals surface area (Å²) in [6.07, 6.45) is 0. The first-order valence-corrected chi connectivity index (χ1v) is 12.0. The predicted molar refractivity (Wildman–Crippen MR) is 130 cm³/mol. The second-order valence-electron chi connectivity index (χ2n) is 7.88. The fourth-order valence-electron chi connectivity index (χ4n) is 3.57. The number of nitrogens with zero attached hydrogens (tertiary/aromatic N) is 1. The molecule has 174 valence electrons. The molecular weight excluding hydrogens is 454 g/mol. The average Bonchev–Trinajstić information content (AvgIpc) is 2.85. The second-order valence-corrected chi connectivity index (χ2v) is 9.85. The summed E-state index contributed by atoms with van der Waals surface area (Å²) in [5.41, 5.74) is 3.03. The van der Waals surface area contributed by atoms with Crippen molar-refractivity contribution in [1.29, 1.82) is 0 Å². The lowest BCUT2D eigenvalue weighted by atomic mass is 10.0. The van der Waals surface area contributed by atoms with Gasteiger partial charge in [-0.25, -0.2) is 18.0 Å². The first-order chi connectivity index (χ1) is 16.2. The van der Waals surface area contributed by atoms with Gasteiger partial charge in [-0.2, -0.15) is 0 Å². The van der Waals surface area contributed by atoms with E-state index in [2.05, 4.69) is 0 Å². The van der Waals surface area contributed by atoms with Crippen LogP contribution in [0.5, 0.6) is 0 Å². The van der Waals surface area contributed by atoms with Crippen LogP contribution in [0.4, 0.5) is 5.69 Å². The van der Waals surface area contributed by atoms with Crippen LogP contribution in [0.25, 0.3) is 11.0 Å². The van der Waals surface area contributed by atoms with Gasteiger partial charge in [0.15, 0.2) is 0 Å². The molecule has 0 saturated carbocycles. The van der Waals surface area contributed by atoms with Gasteiger partial charge in [0.1, 0.15) is 12.2 Å². The van der Waals surface area contributed by atoms with Gasteiger partial charge in [-0.1, -0.05) is 30.3 Å². The van der Waals surface area contributed by atoms with E-state index in [0.29, 0.717) is 22.2 Å². The maximum Gasteiger partial charge on any atom is 0.338 e. The van der Waals surface area contributed by atoms with Gasteiger partial charge in [0.25, 0.3) is 10.0 Å². The van der Waals surface area contributed by atoms with Crippen LogP contribution in [0.1, 0.15) is 27.0 Å². The van der Waals surface area contributed by atoms with Gasteiger partial charge in [0.2, 0.25) is 0 Å². The monoisotopic (exact) mass is 477 g/mol. The molecule has 0 aliphatic carbocycles. The Morgan fingerprint density at radius 3 is 2.32 bits per heavy atom. The Morgan fingerprint density at radius 2 is 1.65 bits per heavy atom. The van der Waals surface area contributed by atoms with Crippen molar-refractivity contribution in [3.63, 3.8) is 0 Å². The van der Waals surface area contributed by atoms with E-state index in [4.69, 9.17) is 9.15 Å². The summed E-state index contributed by atoms with van der Waals surface area (Å²) in [7, 11) is -2.32. The van der Waals surface area contributed by atoms with Crippen molar-refractivity contribution in [2.24, 2.45) is 0 Å². The van der Waals surface area contributed by atoms with Crippen molar-refractivity contribution in [1.82, 2.24) is 0 Å². The topological polar surface area (TPSA) is 93.9 Å². The zero-order valence-electron chi connectivity index (χ0n) is 18.9. The minimum Gasteiger partial charge on any atom is -0.457 e. The van der Waals surface area contributed by atoms with Gasteiger partial charge in [-0.15, -0.1) is 0 Å². The fraction of sp³-hybridized carbons (Fsp3) is 0.154. The molecule has 0 aliphatic rings. The van der Waals surface area contributed by atoms with Gasteiger partial charge < -0.3 is 9.15 Å². The van der Waals surface area contributed by atoms with Crippen LogP contribution >= 0.6 is 0 Å². The average molecular weight is 478 g/mol. The zero-order chi connectivity index (χ0) is 24.5. The van der Waals surface area contributed by atoms with Crippen molar-refractivity contribution >= 4 is 32.6 Å². The van der Waals surface area contributed by atoms with Gasteiger partial charge >= 0.3 is 11.6 Å². The van der Waals surface area contributed by atoms with Crippen LogP contribution in [0.15, 0.2) is 86.9 Å². The molecule has 7 nitrogen and oxygen atoms in total. The molecule has 4 rings (SSSR count). The molecule has 0 fully saturated rings. The molecule has 0 unspecified atom stereocenters. The van der Waals surface area contributed by atoms with Crippen molar-refractivity contribution in [3.05, 3.63) is 105 Å². The maximum absolute atomic E-state index is 12.9. The predicted octanol–water partition coefficient (Wildman–Crippen LogP) is 4.59. The number of hydrogen-bond donors (Lipinski definition) is 0. The number of hydrogen-bond acceptors (Lipinski definition) is 6. The third-order valence-corrected chi connectivity index (χ3v) is 7.54. The number of esters is 1. The van der Waals surface area contributed by atoms with E-state index in [0.717, 1.165) is 11.1 Å². The van der Waals surface area contributed by atoms with E-state index in [1.54, 1.807) is 30.3 Å². The number of aryl methyl sites for hydroxylation is 2. The first-order valence-electron chi connectivity index (χ1n) is 10.5. The van der Waals surface area contributed by atoms with Gasteiger partial charge in [-0.05, 0) is 61.4 Å². The quantitative estimate of drug-likeness (QED) is 0.298. The van der Waals surface area contributed by atoms with E-state index >= 15 is 0 Å². The minimum atomic E-state index is -3.79. The third kappa shape index (κ3) is 4.45.